The summed E-state index contributed by atoms with van der Waals surface area (Å²) in [6.07, 6.45) is 3.07. The van der Waals surface area contributed by atoms with E-state index in [2.05, 4.69) is 33.2 Å². The fraction of sp³-hybridized carbons (Fsp3) is 0.318. The highest BCUT2D eigenvalue weighted by Crippen LogP contribution is 2.29. The summed E-state index contributed by atoms with van der Waals surface area (Å²) in [5.41, 5.74) is 3.27. The lowest BCUT2D eigenvalue weighted by molar-refractivity contribution is -0.122. The lowest BCUT2D eigenvalue weighted by atomic mass is 10.00. The van der Waals surface area contributed by atoms with Crippen molar-refractivity contribution in [3.05, 3.63) is 65.7 Å². The summed E-state index contributed by atoms with van der Waals surface area (Å²) in [7, 11) is 1.38. The van der Waals surface area contributed by atoms with Crippen LogP contribution in [0.1, 0.15) is 17.5 Å². The molecule has 5 nitrogen and oxygen atoms in total. The Morgan fingerprint density at radius 1 is 1.17 bits per heavy atom. The fourth-order valence-electron chi connectivity index (χ4n) is 3.24. The average molecular weight is 402 g/mol. The predicted octanol–water partition coefficient (Wildman–Crippen LogP) is 3.70. The van der Waals surface area contributed by atoms with Gasteiger partial charge in [0.25, 0.3) is 0 Å². The van der Waals surface area contributed by atoms with Gasteiger partial charge in [-0.3, -0.25) is 9.69 Å². The monoisotopic (exact) mass is 402 g/mol. The van der Waals surface area contributed by atoms with Gasteiger partial charge in [0.2, 0.25) is 5.91 Å². The van der Waals surface area contributed by atoms with Gasteiger partial charge in [-0.05, 0) is 35.3 Å². The topological polar surface area (TPSA) is 50.8 Å². The van der Waals surface area contributed by atoms with Crippen LogP contribution in [0.3, 0.4) is 0 Å². The lowest BCUT2D eigenvalue weighted by Crippen LogP contribution is -2.39. The number of amides is 1. The van der Waals surface area contributed by atoms with Gasteiger partial charge >= 0.3 is 6.61 Å². The van der Waals surface area contributed by atoms with E-state index < -0.39 is 6.61 Å². The van der Waals surface area contributed by atoms with Crippen molar-refractivity contribution >= 4 is 11.5 Å². The number of carbonyl (C=O) groups excluding carboxylic acids is 1. The minimum Gasteiger partial charge on any atom is -0.493 e. The number of halogens is 2. The van der Waals surface area contributed by atoms with Gasteiger partial charge in [0.05, 0.1) is 13.7 Å². The quantitative estimate of drug-likeness (QED) is 0.732. The molecular formula is C22H24F2N2O3. The summed E-state index contributed by atoms with van der Waals surface area (Å²) in [5, 5.41) is 2.85. The first-order valence-corrected chi connectivity index (χ1v) is 9.40. The molecular weight excluding hydrogens is 378 g/mol. The molecule has 1 amide bonds. The zero-order valence-electron chi connectivity index (χ0n) is 16.2. The average Bonchev–Trinajstić information content (AvgIpc) is 2.74. The second kappa shape index (κ2) is 10.0. The summed E-state index contributed by atoms with van der Waals surface area (Å²) >= 11 is 0. The Bertz CT molecular complexity index is 856. The lowest BCUT2D eigenvalue weighted by Gasteiger charge is -2.26. The van der Waals surface area contributed by atoms with Crippen molar-refractivity contribution in [3.63, 3.8) is 0 Å². The molecule has 29 heavy (non-hydrogen) atoms. The molecule has 0 saturated heterocycles. The minimum atomic E-state index is -2.92. The van der Waals surface area contributed by atoms with Gasteiger partial charge in [-0.1, -0.05) is 42.5 Å². The number of hydrogen-bond acceptors (Lipinski definition) is 4. The highest BCUT2D eigenvalue weighted by Gasteiger charge is 2.16. The zero-order chi connectivity index (χ0) is 20.6. The molecule has 0 aliphatic carbocycles. The van der Waals surface area contributed by atoms with Gasteiger partial charge in [0.15, 0.2) is 11.5 Å². The number of rotatable bonds is 8. The van der Waals surface area contributed by atoms with Crippen LogP contribution in [0.25, 0.3) is 5.57 Å². The van der Waals surface area contributed by atoms with Crippen LogP contribution in [0.2, 0.25) is 0 Å². The van der Waals surface area contributed by atoms with Crippen LogP contribution in [0.5, 0.6) is 11.5 Å². The number of alkyl halides is 2. The Morgan fingerprint density at radius 3 is 2.62 bits per heavy atom. The smallest absolute Gasteiger partial charge is 0.387 e. The molecule has 3 rings (SSSR count). The van der Waals surface area contributed by atoms with E-state index in [9.17, 15) is 13.6 Å². The van der Waals surface area contributed by atoms with Crippen LogP contribution < -0.4 is 14.8 Å². The molecule has 0 radical (unpaired) electrons. The number of nitrogens with one attached hydrogen (secondary N) is 1. The summed E-state index contributed by atoms with van der Waals surface area (Å²) in [5.74, 6) is 0.0759. The Kier molecular flexibility index (Phi) is 7.19. The van der Waals surface area contributed by atoms with Gasteiger partial charge in [0, 0.05) is 19.6 Å². The molecule has 154 valence electrons. The molecule has 2 aromatic rings. The van der Waals surface area contributed by atoms with Crippen molar-refractivity contribution in [2.24, 2.45) is 0 Å². The Morgan fingerprint density at radius 2 is 1.97 bits per heavy atom. The van der Waals surface area contributed by atoms with E-state index in [0.717, 1.165) is 25.1 Å². The van der Waals surface area contributed by atoms with Gasteiger partial charge in [-0.15, -0.1) is 0 Å². The van der Waals surface area contributed by atoms with E-state index in [4.69, 9.17) is 4.74 Å². The van der Waals surface area contributed by atoms with Crippen molar-refractivity contribution in [1.82, 2.24) is 10.2 Å². The molecule has 1 aliphatic rings. The van der Waals surface area contributed by atoms with Gasteiger partial charge < -0.3 is 14.8 Å². The number of nitrogens with zero attached hydrogens (tertiary/aromatic N) is 1. The molecule has 1 heterocycles. The van der Waals surface area contributed by atoms with Crippen molar-refractivity contribution in [2.75, 3.05) is 26.7 Å². The van der Waals surface area contributed by atoms with Crippen LogP contribution in [0.4, 0.5) is 8.78 Å². The van der Waals surface area contributed by atoms with Crippen LogP contribution in [0.15, 0.2) is 54.6 Å². The molecule has 0 atom stereocenters. The zero-order valence-corrected chi connectivity index (χ0v) is 16.2. The third kappa shape index (κ3) is 6.02. The number of ether oxygens (including phenoxy) is 2. The number of benzene rings is 2. The van der Waals surface area contributed by atoms with E-state index in [1.54, 1.807) is 12.1 Å². The summed E-state index contributed by atoms with van der Waals surface area (Å²) in [6.45, 7) is -0.784. The molecule has 0 unspecified atom stereocenters. The summed E-state index contributed by atoms with van der Waals surface area (Å²) in [6, 6.07) is 14.9. The SMILES string of the molecule is COc1cc(CNC(=O)CN2CC=C(c3ccccc3)CC2)ccc1OC(F)F. The summed E-state index contributed by atoms with van der Waals surface area (Å²) < 4.78 is 34.3. The van der Waals surface area contributed by atoms with Crippen LogP contribution in [0, 0.1) is 0 Å². The van der Waals surface area contributed by atoms with E-state index in [-0.39, 0.29) is 24.0 Å². The standard InChI is InChI=1S/C22H24F2N2O3/c1-28-20-13-16(7-8-19(20)29-22(23)24)14-25-21(27)15-26-11-9-18(10-12-26)17-5-3-2-4-6-17/h2-9,13,22H,10-12,14-15H2,1H3,(H,25,27). The molecule has 2 aromatic carbocycles. The first-order chi connectivity index (χ1) is 14.0. The minimum absolute atomic E-state index is 0.0353. The third-order valence-corrected chi connectivity index (χ3v) is 4.74. The van der Waals surface area contributed by atoms with Gasteiger partial charge in [-0.25, -0.2) is 0 Å². The van der Waals surface area contributed by atoms with Crippen LogP contribution >= 0.6 is 0 Å². The molecule has 0 aromatic heterocycles. The van der Waals surface area contributed by atoms with E-state index in [1.165, 1.54) is 24.3 Å². The fourth-order valence-corrected chi connectivity index (χ4v) is 3.24. The van der Waals surface area contributed by atoms with Crippen molar-refractivity contribution in [1.29, 1.82) is 0 Å². The maximum absolute atomic E-state index is 12.4. The highest BCUT2D eigenvalue weighted by molar-refractivity contribution is 5.78. The van der Waals surface area contributed by atoms with Crippen molar-refractivity contribution in [2.45, 2.75) is 19.6 Å². The molecule has 1 aliphatic heterocycles. The Labute approximate surface area is 168 Å². The third-order valence-electron chi connectivity index (χ3n) is 4.74. The maximum atomic E-state index is 12.4. The second-order valence-electron chi connectivity index (χ2n) is 6.72. The van der Waals surface area contributed by atoms with E-state index in [0.29, 0.717) is 6.54 Å². The Balaban J connectivity index is 1.49. The van der Waals surface area contributed by atoms with Crippen molar-refractivity contribution in [3.8, 4) is 11.5 Å². The first-order valence-electron chi connectivity index (χ1n) is 9.40. The largest absolute Gasteiger partial charge is 0.493 e. The van der Waals surface area contributed by atoms with Crippen molar-refractivity contribution < 1.29 is 23.0 Å². The van der Waals surface area contributed by atoms with E-state index >= 15 is 0 Å². The maximum Gasteiger partial charge on any atom is 0.387 e. The van der Waals surface area contributed by atoms with Gasteiger partial charge in [0.1, 0.15) is 0 Å². The van der Waals surface area contributed by atoms with Crippen LogP contribution in [-0.4, -0.2) is 44.2 Å². The number of hydrogen-bond donors (Lipinski definition) is 1. The molecule has 7 heteroatoms. The second-order valence-corrected chi connectivity index (χ2v) is 6.72. The Hall–Kier alpha value is -2.93. The normalized spacial score (nSPS) is 14.4. The number of carbonyl (C=O) groups is 1. The number of methoxy groups -OCH3 is 1. The molecule has 0 bridgehead atoms. The predicted molar refractivity (Wildman–Crippen MR) is 107 cm³/mol. The molecule has 0 fully saturated rings. The highest BCUT2D eigenvalue weighted by atomic mass is 19.3. The van der Waals surface area contributed by atoms with Crippen LogP contribution in [-0.2, 0) is 11.3 Å². The molecule has 0 spiro atoms. The molecule has 0 saturated carbocycles. The molecule has 1 N–H and O–H groups in total. The van der Waals surface area contributed by atoms with E-state index in [1.807, 2.05) is 18.2 Å². The summed E-state index contributed by atoms with van der Waals surface area (Å²) in [4.78, 5) is 14.4. The van der Waals surface area contributed by atoms with Gasteiger partial charge in [-0.2, -0.15) is 8.78 Å². The first kappa shape index (κ1) is 20.8.